The summed E-state index contributed by atoms with van der Waals surface area (Å²) in [5.74, 6) is 1.01. The number of para-hydroxylation sites is 6. The number of ether oxygens (including phenoxy) is 1. The van der Waals surface area contributed by atoms with E-state index in [1.165, 1.54) is 0 Å². The molecule has 8 heteroatoms. The molecule has 2 aliphatic rings. The van der Waals surface area contributed by atoms with E-state index in [1.807, 2.05) is 121 Å². The molecule has 0 radical (unpaired) electrons. The molecule has 0 saturated heterocycles. The van der Waals surface area contributed by atoms with Gasteiger partial charge in [0.1, 0.15) is 0 Å². The number of imidazole rings is 1. The normalized spacial score (nSPS) is 13.8. The van der Waals surface area contributed by atoms with Crippen molar-refractivity contribution >= 4 is 46.4 Å². The molecule has 2 aromatic heterocycles. The fourth-order valence-corrected chi connectivity index (χ4v) is 12.4. The van der Waals surface area contributed by atoms with Crippen LogP contribution in [0.1, 0.15) is 19.4 Å². The van der Waals surface area contributed by atoms with Gasteiger partial charge >= 0.3 is 381 Å². The number of hydrogen-bond acceptors (Lipinski definition) is 4. The Morgan fingerprint density at radius 2 is 1.03 bits per heavy atom. The van der Waals surface area contributed by atoms with Gasteiger partial charge < -0.3 is 0 Å². The third kappa shape index (κ3) is 7.61. The van der Waals surface area contributed by atoms with Crippen LogP contribution in [0.3, 0.4) is 0 Å². The van der Waals surface area contributed by atoms with Crippen LogP contribution < -0.4 is 19.8 Å². The molecule has 0 unspecified atom stereocenters. The molecule has 6 nitrogen and oxygen atoms in total. The van der Waals surface area contributed by atoms with Crippen molar-refractivity contribution in [1.29, 1.82) is 0 Å². The first-order valence-electron chi connectivity index (χ1n) is 28.2. The van der Waals surface area contributed by atoms with E-state index in [1.54, 1.807) is 18.2 Å². The van der Waals surface area contributed by atoms with E-state index in [9.17, 15) is 4.11 Å². The molecule has 0 spiro atoms. The summed E-state index contributed by atoms with van der Waals surface area (Å²) in [4.78, 5) is 9.90. The summed E-state index contributed by atoms with van der Waals surface area (Å²) in [6.07, 6.45) is 0. The molecule has 0 N–H and O–H groups in total. The summed E-state index contributed by atoms with van der Waals surface area (Å²) in [5, 5.41) is 0. The van der Waals surface area contributed by atoms with Crippen LogP contribution in [0, 0.1) is 17.5 Å². The number of pyridine rings is 1. The van der Waals surface area contributed by atoms with Crippen LogP contribution in [0.15, 0.2) is 255 Å². The summed E-state index contributed by atoms with van der Waals surface area (Å²) < 4.78 is 65.1. The van der Waals surface area contributed by atoms with E-state index in [2.05, 4.69) is 153 Å². The molecule has 364 valence electrons. The summed E-state index contributed by atoms with van der Waals surface area (Å²) >= 11 is 2.40. The molecular formula is C68H48BN5OPt. The number of aryl methyl sites for hydroxylation is 2. The molecule has 12 aromatic rings. The molecule has 0 atom stereocenters. The molecule has 10 aromatic carbocycles. The first-order valence-corrected chi connectivity index (χ1v) is 26.4. The molecule has 0 saturated carbocycles. The van der Waals surface area contributed by atoms with Gasteiger partial charge in [0.15, 0.2) is 0 Å². The zero-order chi connectivity index (χ0) is 55.9. The van der Waals surface area contributed by atoms with E-state index in [0.29, 0.717) is 22.7 Å². The van der Waals surface area contributed by atoms with Gasteiger partial charge in [0.05, 0.1) is 0 Å². The van der Waals surface area contributed by atoms with Gasteiger partial charge in [-0.15, -0.1) is 0 Å². The van der Waals surface area contributed by atoms with E-state index < -0.39 is 20.7 Å². The Kier molecular flexibility index (Phi) is 9.71. The Hall–Kier alpha value is -9.03. The van der Waals surface area contributed by atoms with Gasteiger partial charge in [0.2, 0.25) is 0 Å². The van der Waals surface area contributed by atoms with Gasteiger partial charge in [-0.05, 0) is 17.7 Å². The van der Waals surface area contributed by atoms with Gasteiger partial charge in [0, 0.05) is 11.3 Å². The Labute approximate surface area is 462 Å². The molecule has 0 aliphatic carbocycles. The third-order valence-electron chi connectivity index (χ3n) is 14.6. The van der Waals surface area contributed by atoms with Crippen molar-refractivity contribution in [2.45, 2.75) is 13.7 Å². The van der Waals surface area contributed by atoms with Crippen molar-refractivity contribution in [3.05, 3.63) is 270 Å². The Balaban J connectivity index is 0.941. The average molecular weight is 1160 g/mol. The van der Waals surface area contributed by atoms with Gasteiger partial charge in [-0.3, -0.25) is 0 Å². The topological polar surface area (TPSA) is 38.5 Å². The predicted octanol–water partition coefficient (Wildman–Crippen LogP) is 16.6. The van der Waals surface area contributed by atoms with Crippen LogP contribution in [0.2, 0.25) is 0 Å². The second-order valence-electron chi connectivity index (χ2n) is 19.0. The van der Waals surface area contributed by atoms with Gasteiger partial charge in [-0.2, -0.15) is 0 Å². The van der Waals surface area contributed by atoms with Gasteiger partial charge in [0.25, 0.3) is 0 Å². The summed E-state index contributed by atoms with van der Waals surface area (Å²) in [5.41, 5.74) is 16.8. The minimum atomic E-state index is -2.58. The number of rotatable bonds is 9. The molecule has 0 amide bonds. The van der Waals surface area contributed by atoms with Crippen LogP contribution in [-0.4, -0.2) is 21.1 Å². The Bertz CT molecular complexity index is 4530. The van der Waals surface area contributed by atoms with Crippen LogP contribution in [0.25, 0.3) is 78.0 Å². The quantitative estimate of drug-likeness (QED) is 0.135. The molecule has 76 heavy (non-hydrogen) atoms. The summed E-state index contributed by atoms with van der Waals surface area (Å²) in [6, 6.07) is 84.6. The molecule has 2 aliphatic heterocycles. The van der Waals surface area contributed by atoms with E-state index >= 15 is 0 Å². The Morgan fingerprint density at radius 3 is 1.79 bits per heavy atom. The summed E-state index contributed by atoms with van der Waals surface area (Å²) in [6.45, 7) is -5.30. The number of aromatic nitrogens is 3. The molecule has 4 heterocycles. The standard InChI is InChI=1S/C68H48BN5O.Pt/c1-46-20-17-25-52(42-46)56-31-19-30-55(50-40-38-49(39-41-50)48-21-5-3-6-22-48)67(56)72-45-71(61-34-13-14-35-62(61)72)53-26-18-27-54(44-53)75-68-66(51-23-7-4-8-24-51)47(2)43-65(70-68)74-64-37-16-15-36-63(64)73-60-33-12-10-29-58(60)57-28-9-11-32-59(57)69(73)74;/h3-44H,1-2H3;/i1D3,2D3;. The first kappa shape index (κ1) is 39.4. The van der Waals surface area contributed by atoms with E-state index in [4.69, 9.17) is 13.8 Å². The maximum atomic E-state index is 9.18. The fourth-order valence-electron chi connectivity index (χ4n) is 11.3. The maximum absolute atomic E-state index is 9.18. The fraction of sp³-hybridized carbons (Fsp3) is 0.0294. The minimum absolute atomic E-state index is 0.107. The average Bonchev–Trinajstić information content (AvgIpc) is 4.13. The molecule has 14 rings (SSSR count). The van der Waals surface area contributed by atoms with E-state index in [0.717, 1.165) is 93.2 Å². The number of benzene rings is 10. The van der Waals surface area contributed by atoms with Crippen molar-refractivity contribution in [3.8, 4) is 78.6 Å². The first-order chi connectivity index (χ1) is 39.9. The summed E-state index contributed by atoms with van der Waals surface area (Å²) in [7, 11) is 0. The third-order valence-corrected chi connectivity index (χ3v) is 15.6. The van der Waals surface area contributed by atoms with Crippen molar-refractivity contribution < 1.29 is 32.3 Å². The second-order valence-corrected chi connectivity index (χ2v) is 20.0. The van der Waals surface area contributed by atoms with Crippen molar-refractivity contribution in [3.63, 3.8) is 0 Å². The van der Waals surface area contributed by atoms with Crippen LogP contribution in [0.5, 0.6) is 11.6 Å². The SMILES string of the molecule is [2H]C([2H])([2H])c1cccc(-c2cccc(-c3ccc(-c4ccccc4)cc3)c2-n2[c](=[Pt])n(-c3cccc(Oc4nc(N5B6c7ccccc7-c7ccccc7N6c6ccccc65)cc(C([2H])([2H])[2H])c4-c4ccccc4)c3)c3ccccc32)c1. The van der Waals surface area contributed by atoms with E-state index in [-0.39, 0.29) is 17.0 Å². The second kappa shape index (κ2) is 18.7. The van der Waals surface area contributed by atoms with Gasteiger partial charge in [-0.25, -0.2) is 0 Å². The number of anilines is 4. The zero-order valence-corrected chi connectivity index (χ0v) is 43.1. The number of fused-ring (bicyclic) bond motifs is 9. The number of hydrogen-bond donors (Lipinski definition) is 0. The molecular weight excluding hydrogens is 1110 g/mol. The van der Waals surface area contributed by atoms with Crippen LogP contribution in [-0.2, 0) is 19.4 Å². The Morgan fingerprint density at radius 1 is 0.447 bits per heavy atom. The molecule has 0 fully saturated rings. The van der Waals surface area contributed by atoms with Gasteiger partial charge in [-0.1, -0.05) is 54.6 Å². The zero-order valence-electron chi connectivity index (χ0n) is 46.8. The van der Waals surface area contributed by atoms with Crippen molar-refractivity contribution in [2.75, 3.05) is 9.62 Å². The van der Waals surface area contributed by atoms with Crippen LogP contribution >= 0.6 is 0 Å². The van der Waals surface area contributed by atoms with Crippen molar-refractivity contribution in [1.82, 2.24) is 14.1 Å². The molecule has 0 bridgehead atoms. The monoisotopic (exact) mass is 1160 g/mol. The van der Waals surface area contributed by atoms with Crippen molar-refractivity contribution in [2.24, 2.45) is 0 Å². The van der Waals surface area contributed by atoms with Crippen LogP contribution in [0.4, 0.5) is 22.9 Å². The predicted molar refractivity (Wildman–Crippen MR) is 309 cm³/mol. The number of nitrogens with zero attached hydrogens (tertiary/aromatic N) is 5.